The highest BCUT2D eigenvalue weighted by atomic mass is 16.1. The minimum atomic E-state index is -0.0673. The molecule has 2 aromatic carbocycles. The number of aliphatic imine (C=N–C) groups is 1. The van der Waals surface area contributed by atoms with Crippen molar-refractivity contribution in [2.75, 3.05) is 26.7 Å². The van der Waals surface area contributed by atoms with Crippen LogP contribution in [0.5, 0.6) is 0 Å². The van der Waals surface area contributed by atoms with E-state index in [9.17, 15) is 4.79 Å². The lowest BCUT2D eigenvalue weighted by Crippen LogP contribution is -2.38. The molecular formula is C24H30N6O. The maximum atomic E-state index is 11.8. The van der Waals surface area contributed by atoms with Crippen LogP contribution < -0.4 is 16.0 Å². The summed E-state index contributed by atoms with van der Waals surface area (Å²) in [5.41, 5.74) is 4.08. The molecule has 0 bridgehead atoms. The molecule has 0 spiro atoms. The quantitative estimate of drug-likeness (QED) is 0.368. The first-order chi connectivity index (χ1) is 15.2. The zero-order chi connectivity index (χ0) is 21.9. The van der Waals surface area contributed by atoms with Crippen LogP contribution in [0.25, 0.3) is 5.69 Å². The second-order valence-corrected chi connectivity index (χ2v) is 7.08. The van der Waals surface area contributed by atoms with Crippen LogP contribution in [0.2, 0.25) is 0 Å². The number of carbonyl (C=O) groups excluding carboxylic acids is 1. The van der Waals surface area contributed by atoms with Crippen molar-refractivity contribution in [3.05, 3.63) is 83.7 Å². The predicted octanol–water partition coefficient (Wildman–Crippen LogP) is 2.57. The second-order valence-electron chi connectivity index (χ2n) is 7.08. The maximum absolute atomic E-state index is 11.8. The highest BCUT2D eigenvalue weighted by Crippen LogP contribution is 2.09. The molecule has 1 amide bonds. The number of hydrogen-bond acceptors (Lipinski definition) is 3. The second kappa shape index (κ2) is 11.5. The van der Waals surface area contributed by atoms with Gasteiger partial charge in [-0.05, 0) is 61.2 Å². The highest BCUT2D eigenvalue weighted by Gasteiger charge is 2.04. The van der Waals surface area contributed by atoms with E-state index in [1.165, 1.54) is 5.56 Å². The van der Waals surface area contributed by atoms with Crippen molar-refractivity contribution >= 4 is 11.9 Å². The third kappa shape index (κ3) is 6.70. The lowest BCUT2D eigenvalue weighted by atomic mass is 10.1. The molecule has 0 saturated heterocycles. The van der Waals surface area contributed by atoms with E-state index in [2.05, 4.69) is 57.2 Å². The van der Waals surface area contributed by atoms with Crippen LogP contribution in [0.3, 0.4) is 0 Å². The van der Waals surface area contributed by atoms with E-state index in [0.717, 1.165) is 43.1 Å². The molecule has 0 saturated carbocycles. The van der Waals surface area contributed by atoms with Gasteiger partial charge < -0.3 is 16.0 Å². The molecule has 7 heteroatoms. The summed E-state index contributed by atoms with van der Waals surface area (Å²) in [6.07, 6.45) is 5.38. The van der Waals surface area contributed by atoms with Gasteiger partial charge in [0.2, 0.25) is 0 Å². The van der Waals surface area contributed by atoms with Gasteiger partial charge in [0, 0.05) is 44.6 Å². The number of hydrogen-bond donors (Lipinski definition) is 3. The molecule has 3 rings (SSSR count). The Bertz CT molecular complexity index is 980. The van der Waals surface area contributed by atoms with Crippen LogP contribution in [0, 0.1) is 0 Å². The normalized spacial score (nSPS) is 11.2. The number of nitrogens with zero attached hydrogens (tertiary/aromatic N) is 3. The fourth-order valence-corrected chi connectivity index (χ4v) is 3.21. The Labute approximate surface area is 183 Å². The molecule has 1 aromatic heterocycles. The maximum Gasteiger partial charge on any atom is 0.251 e. The summed E-state index contributed by atoms with van der Waals surface area (Å²) in [4.78, 5) is 16.5. The minimum Gasteiger partial charge on any atom is -0.357 e. The molecule has 7 nitrogen and oxygen atoms in total. The first-order valence-corrected chi connectivity index (χ1v) is 10.6. The number of aromatic nitrogens is 2. The average molecular weight is 419 g/mol. The molecule has 0 aliphatic heterocycles. The number of nitrogens with one attached hydrogen (secondary N) is 3. The smallest absolute Gasteiger partial charge is 0.251 e. The van der Waals surface area contributed by atoms with Crippen molar-refractivity contribution in [2.45, 2.75) is 19.8 Å². The first-order valence-electron chi connectivity index (χ1n) is 10.6. The standard InChI is InChI=1S/C24H30N6O/c1-3-26-24(28-16-13-20-6-4-7-21(18-20)23(31)25-2)27-15-12-19-8-10-22(11-9-19)30-17-5-14-29-30/h4-11,14,17-18H,3,12-13,15-16H2,1-2H3,(H,25,31)(H2,26,27,28). The highest BCUT2D eigenvalue weighted by molar-refractivity contribution is 5.94. The third-order valence-electron chi connectivity index (χ3n) is 4.84. The largest absolute Gasteiger partial charge is 0.357 e. The Hall–Kier alpha value is -3.61. The van der Waals surface area contributed by atoms with Crippen molar-refractivity contribution in [3.63, 3.8) is 0 Å². The van der Waals surface area contributed by atoms with Crippen LogP contribution in [-0.2, 0) is 12.8 Å². The molecule has 1 heterocycles. The summed E-state index contributed by atoms with van der Waals surface area (Å²) in [5.74, 6) is 0.737. The molecule has 0 aliphatic rings. The van der Waals surface area contributed by atoms with E-state index in [1.54, 1.807) is 13.2 Å². The summed E-state index contributed by atoms with van der Waals surface area (Å²) < 4.78 is 1.85. The molecule has 3 N–H and O–H groups in total. The van der Waals surface area contributed by atoms with Crippen LogP contribution in [0.4, 0.5) is 0 Å². The first kappa shape index (κ1) is 22.1. The monoisotopic (exact) mass is 418 g/mol. The zero-order valence-corrected chi connectivity index (χ0v) is 18.1. The topological polar surface area (TPSA) is 83.3 Å². The fourth-order valence-electron chi connectivity index (χ4n) is 3.21. The van der Waals surface area contributed by atoms with Gasteiger partial charge in [0.05, 0.1) is 5.69 Å². The van der Waals surface area contributed by atoms with E-state index in [4.69, 9.17) is 0 Å². The molecule has 3 aromatic rings. The molecule has 0 atom stereocenters. The van der Waals surface area contributed by atoms with Gasteiger partial charge in [-0.3, -0.25) is 9.79 Å². The Kier molecular flexibility index (Phi) is 8.22. The van der Waals surface area contributed by atoms with Crippen LogP contribution >= 0.6 is 0 Å². The molecular weight excluding hydrogens is 388 g/mol. The van der Waals surface area contributed by atoms with E-state index in [1.807, 2.05) is 41.2 Å². The molecule has 162 valence electrons. The van der Waals surface area contributed by atoms with Gasteiger partial charge in [0.1, 0.15) is 0 Å². The van der Waals surface area contributed by atoms with Gasteiger partial charge in [-0.2, -0.15) is 5.10 Å². The SMILES string of the molecule is CCNC(=NCCc1ccc(-n2cccn2)cc1)NCCc1cccc(C(=O)NC)c1. The number of guanidine groups is 1. The van der Waals surface area contributed by atoms with Crippen molar-refractivity contribution in [3.8, 4) is 5.69 Å². The zero-order valence-electron chi connectivity index (χ0n) is 18.1. The average Bonchev–Trinajstić information content (AvgIpc) is 3.34. The molecule has 0 fully saturated rings. The summed E-state index contributed by atoms with van der Waals surface area (Å²) in [5, 5.41) is 13.6. The lowest BCUT2D eigenvalue weighted by Gasteiger charge is -2.12. The van der Waals surface area contributed by atoms with E-state index >= 15 is 0 Å². The van der Waals surface area contributed by atoms with E-state index < -0.39 is 0 Å². The van der Waals surface area contributed by atoms with Crippen LogP contribution in [0.15, 0.2) is 72.0 Å². The minimum absolute atomic E-state index is 0.0673. The number of amides is 1. The Morgan fingerprint density at radius 1 is 1.03 bits per heavy atom. The summed E-state index contributed by atoms with van der Waals surface area (Å²) in [6.45, 7) is 4.29. The van der Waals surface area contributed by atoms with Gasteiger partial charge >= 0.3 is 0 Å². The van der Waals surface area contributed by atoms with Gasteiger partial charge in [0.25, 0.3) is 5.91 Å². The van der Waals surface area contributed by atoms with Gasteiger partial charge in [0.15, 0.2) is 5.96 Å². The number of rotatable bonds is 9. The van der Waals surface area contributed by atoms with E-state index in [0.29, 0.717) is 12.1 Å². The molecule has 0 aliphatic carbocycles. The van der Waals surface area contributed by atoms with Crippen molar-refractivity contribution in [1.29, 1.82) is 0 Å². The Morgan fingerprint density at radius 3 is 2.58 bits per heavy atom. The van der Waals surface area contributed by atoms with Crippen LogP contribution in [-0.4, -0.2) is 48.3 Å². The predicted molar refractivity (Wildman–Crippen MR) is 125 cm³/mol. The summed E-state index contributed by atoms with van der Waals surface area (Å²) in [7, 11) is 1.64. The lowest BCUT2D eigenvalue weighted by molar-refractivity contribution is 0.0963. The molecule has 31 heavy (non-hydrogen) atoms. The van der Waals surface area contributed by atoms with Crippen LogP contribution in [0.1, 0.15) is 28.4 Å². The van der Waals surface area contributed by atoms with Crippen molar-refractivity contribution in [1.82, 2.24) is 25.7 Å². The van der Waals surface area contributed by atoms with Crippen molar-refractivity contribution < 1.29 is 4.79 Å². The van der Waals surface area contributed by atoms with E-state index in [-0.39, 0.29) is 5.91 Å². The third-order valence-corrected chi connectivity index (χ3v) is 4.84. The molecule has 0 radical (unpaired) electrons. The summed E-state index contributed by atoms with van der Waals surface area (Å²) in [6, 6.07) is 18.0. The Balaban J connectivity index is 1.49. The van der Waals surface area contributed by atoms with Gasteiger partial charge in [-0.1, -0.05) is 24.3 Å². The fraction of sp³-hybridized carbons (Fsp3) is 0.292. The van der Waals surface area contributed by atoms with Crippen molar-refractivity contribution in [2.24, 2.45) is 4.99 Å². The Morgan fingerprint density at radius 2 is 1.87 bits per heavy atom. The van der Waals surface area contributed by atoms with Gasteiger partial charge in [-0.25, -0.2) is 4.68 Å². The van der Waals surface area contributed by atoms with Gasteiger partial charge in [-0.15, -0.1) is 0 Å². The summed E-state index contributed by atoms with van der Waals surface area (Å²) >= 11 is 0. The number of carbonyl (C=O) groups is 1. The molecule has 0 unspecified atom stereocenters. The number of benzene rings is 2.